The van der Waals surface area contributed by atoms with Crippen LogP contribution >= 0.6 is 12.4 Å². The average molecular weight is 206 g/mol. The van der Waals surface area contributed by atoms with Gasteiger partial charge >= 0.3 is 0 Å². The van der Waals surface area contributed by atoms with Crippen molar-refractivity contribution >= 4 is 12.4 Å². The molecule has 5 heteroatoms. The minimum Gasteiger partial charge on any atom is -0.330 e. The maximum Gasteiger partial charge on any atom is 0.217 e. The van der Waals surface area contributed by atoms with Crippen LogP contribution in [0.2, 0.25) is 0 Å². The van der Waals surface area contributed by atoms with Gasteiger partial charge in [-0.2, -0.15) is 4.39 Å². The third kappa shape index (κ3) is 3.26. The van der Waals surface area contributed by atoms with Gasteiger partial charge in [0.1, 0.15) is 0 Å². The van der Waals surface area contributed by atoms with Gasteiger partial charge in [-0.1, -0.05) is 6.07 Å². The Hall–Kier alpha value is -0.710. The number of aromatic nitrogens is 1. The van der Waals surface area contributed by atoms with E-state index in [2.05, 4.69) is 4.98 Å². The van der Waals surface area contributed by atoms with E-state index in [0.717, 1.165) is 0 Å². The Kier molecular flexibility index (Phi) is 5.53. The minimum atomic E-state index is -0.501. The maximum absolute atomic E-state index is 12.9. The molecule has 1 rings (SSSR count). The molecule has 1 aromatic heterocycles. The molecule has 1 aromatic rings. The minimum absolute atomic E-state index is 0. The van der Waals surface area contributed by atoms with Crippen LogP contribution in [0.4, 0.5) is 4.39 Å². The number of nitrogens with two attached hydrogens (primary N) is 2. The molecule has 1 atom stereocenters. The zero-order valence-electron chi connectivity index (χ0n) is 7.11. The highest BCUT2D eigenvalue weighted by Gasteiger charge is 2.09. The van der Waals surface area contributed by atoms with Crippen molar-refractivity contribution in [2.24, 2.45) is 11.5 Å². The van der Waals surface area contributed by atoms with Crippen molar-refractivity contribution in [1.82, 2.24) is 4.98 Å². The van der Waals surface area contributed by atoms with Crippen molar-refractivity contribution < 1.29 is 4.39 Å². The molecule has 0 fully saturated rings. The van der Waals surface area contributed by atoms with Gasteiger partial charge in [0.15, 0.2) is 0 Å². The van der Waals surface area contributed by atoms with E-state index < -0.39 is 5.95 Å². The first-order valence-corrected chi connectivity index (χ1v) is 3.81. The molecule has 0 aliphatic heterocycles. The highest BCUT2D eigenvalue weighted by Crippen LogP contribution is 2.14. The molecule has 0 saturated carbocycles. The van der Waals surface area contributed by atoms with Crippen molar-refractivity contribution in [2.75, 3.05) is 6.54 Å². The van der Waals surface area contributed by atoms with Gasteiger partial charge in [-0.05, 0) is 19.0 Å². The molecule has 0 radical (unpaired) electrons. The largest absolute Gasteiger partial charge is 0.330 e. The fourth-order valence-corrected chi connectivity index (χ4v) is 1.01. The van der Waals surface area contributed by atoms with E-state index in [1.54, 1.807) is 12.1 Å². The van der Waals surface area contributed by atoms with E-state index in [1.165, 1.54) is 6.20 Å². The normalized spacial score (nSPS) is 11.9. The number of hydrogen-bond acceptors (Lipinski definition) is 3. The lowest BCUT2D eigenvalue weighted by Gasteiger charge is -2.09. The summed E-state index contributed by atoms with van der Waals surface area (Å²) >= 11 is 0. The van der Waals surface area contributed by atoms with Crippen molar-refractivity contribution in [1.29, 1.82) is 0 Å². The molecule has 13 heavy (non-hydrogen) atoms. The standard InChI is InChI=1S/C8H12FN3.ClH/c9-8-6(2-1-5-12-8)7(11)3-4-10;/h1-2,5,7H,3-4,10-11H2;1H/t7-;/m0./s1. The second kappa shape index (κ2) is 5.85. The van der Waals surface area contributed by atoms with Crippen LogP contribution < -0.4 is 11.5 Å². The molecule has 0 aromatic carbocycles. The third-order valence-corrected chi connectivity index (χ3v) is 1.67. The number of rotatable bonds is 3. The first-order chi connectivity index (χ1) is 5.75. The van der Waals surface area contributed by atoms with Crippen molar-refractivity contribution in [3.05, 3.63) is 29.8 Å². The van der Waals surface area contributed by atoms with Crippen LogP contribution in [0.15, 0.2) is 18.3 Å². The van der Waals surface area contributed by atoms with Gasteiger partial charge in [-0.25, -0.2) is 4.98 Å². The molecular formula is C8H13ClFN3. The number of hydrogen-bond donors (Lipinski definition) is 2. The van der Waals surface area contributed by atoms with Gasteiger partial charge < -0.3 is 11.5 Å². The molecule has 0 unspecified atom stereocenters. The van der Waals surface area contributed by atoms with Gasteiger partial charge in [0, 0.05) is 17.8 Å². The molecule has 0 saturated heterocycles. The lowest BCUT2D eigenvalue weighted by atomic mass is 10.1. The van der Waals surface area contributed by atoms with Crippen LogP contribution in [-0.4, -0.2) is 11.5 Å². The van der Waals surface area contributed by atoms with Crippen molar-refractivity contribution in [2.45, 2.75) is 12.5 Å². The molecule has 0 aliphatic rings. The molecule has 0 amide bonds. The van der Waals surface area contributed by atoms with Crippen LogP contribution in [0.3, 0.4) is 0 Å². The lowest BCUT2D eigenvalue weighted by molar-refractivity contribution is 0.535. The summed E-state index contributed by atoms with van der Waals surface area (Å²) in [7, 11) is 0. The number of halogens is 2. The topological polar surface area (TPSA) is 64.9 Å². The molecule has 0 bridgehead atoms. The number of nitrogens with zero attached hydrogens (tertiary/aromatic N) is 1. The van der Waals surface area contributed by atoms with Crippen LogP contribution in [-0.2, 0) is 0 Å². The van der Waals surface area contributed by atoms with E-state index in [0.29, 0.717) is 18.5 Å². The van der Waals surface area contributed by atoms with Gasteiger partial charge in [-0.3, -0.25) is 0 Å². The van der Waals surface area contributed by atoms with E-state index in [-0.39, 0.29) is 18.4 Å². The van der Waals surface area contributed by atoms with Crippen LogP contribution in [0.25, 0.3) is 0 Å². The fourth-order valence-electron chi connectivity index (χ4n) is 1.01. The Morgan fingerprint density at radius 2 is 2.23 bits per heavy atom. The lowest BCUT2D eigenvalue weighted by Crippen LogP contribution is -2.16. The summed E-state index contributed by atoms with van der Waals surface area (Å²) in [4.78, 5) is 3.49. The van der Waals surface area contributed by atoms with Gasteiger partial charge in [0.2, 0.25) is 5.95 Å². The third-order valence-electron chi connectivity index (χ3n) is 1.67. The monoisotopic (exact) mass is 205 g/mol. The van der Waals surface area contributed by atoms with E-state index in [1.807, 2.05) is 0 Å². The van der Waals surface area contributed by atoms with Crippen molar-refractivity contribution in [3.63, 3.8) is 0 Å². The predicted molar refractivity (Wildman–Crippen MR) is 52.0 cm³/mol. The Morgan fingerprint density at radius 1 is 1.54 bits per heavy atom. The Morgan fingerprint density at radius 3 is 2.77 bits per heavy atom. The SMILES string of the molecule is Cl.NCC[C@H](N)c1cccnc1F. The summed E-state index contributed by atoms with van der Waals surface area (Å²) in [5.74, 6) is -0.501. The Bertz CT molecular complexity index is 257. The first-order valence-electron chi connectivity index (χ1n) is 3.81. The van der Waals surface area contributed by atoms with E-state index in [9.17, 15) is 4.39 Å². The summed E-state index contributed by atoms with van der Waals surface area (Å²) in [6, 6.07) is 2.95. The van der Waals surface area contributed by atoms with E-state index >= 15 is 0 Å². The van der Waals surface area contributed by atoms with Gasteiger partial charge in [0.25, 0.3) is 0 Å². The van der Waals surface area contributed by atoms with Crippen molar-refractivity contribution in [3.8, 4) is 0 Å². The van der Waals surface area contributed by atoms with Crippen LogP contribution in [0.5, 0.6) is 0 Å². The Labute approximate surface area is 82.7 Å². The average Bonchev–Trinajstić information content (AvgIpc) is 2.05. The highest BCUT2D eigenvalue weighted by atomic mass is 35.5. The summed E-state index contributed by atoms with van der Waals surface area (Å²) in [5, 5.41) is 0. The van der Waals surface area contributed by atoms with E-state index in [4.69, 9.17) is 11.5 Å². The summed E-state index contributed by atoms with van der Waals surface area (Å²) in [6.07, 6.45) is 1.97. The molecule has 0 aliphatic carbocycles. The second-order valence-electron chi connectivity index (χ2n) is 2.57. The Balaban J connectivity index is 0.00000144. The zero-order chi connectivity index (χ0) is 8.97. The predicted octanol–water partition coefficient (Wildman–Crippen LogP) is 0.991. The quantitative estimate of drug-likeness (QED) is 0.724. The first kappa shape index (κ1) is 12.3. The van der Waals surface area contributed by atoms with Gasteiger partial charge in [-0.15, -0.1) is 12.4 Å². The summed E-state index contributed by atoms with van der Waals surface area (Å²) in [5.41, 5.74) is 11.4. The van der Waals surface area contributed by atoms with Crippen LogP contribution in [0.1, 0.15) is 18.0 Å². The smallest absolute Gasteiger partial charge is 0.217 e. The van der Waals surface area contributed by atoms with Gasteiger partial charge in [0.05, 0.1) is 0 Å². The fraction of sp³-hybridized carbons (Fsp3) is 0.375. The molecule has 4 N–H and O–H groups in total. The second-order valence-corrected chi connectivity index (χ2v) is 2.57. The summed E-state index contributed by atoms with van der Waals surface area (Å²) in [6.45, 7) is 0.454. The molecule has 3 nitrogen and oxygen atoms in total. The molecular weight excluding hydrogens is 193 g/mol. The molecule has 0 spiro atoms. The molecule has 1 heterocycles. The van der Waals surface area contributed by atoms with Crippen LogP contribution in [0, 0.1) is 5.95 Å². The highest BCUT2D eigenvalue weighted by molar-refractivity contribution is 5.85. The summed E-state index contributed by atoms with van der Waals surface area (Å²) < 4.78 is 12.9. The maximum atomic E-state index is 12.9. The zero-order valence-corrected chi connectivity index (χ0v) is 7.93. The number of pyridine rings is 1. The molecule has 74 valence electrons.